The number of hydrogen-bond donors (Lipinski definition) is 3. The predicted molar refractivity (Wildman–Crippen MR) is 77.2 cm³/mol. The second-order valence-electron chi connectivity index (χ2n) is 4.30. The van der Waals surface area contributed by atoms with Crippen LogP contribution in [0.5, 0.6) is 0 Å². The van der Waals surface area contributed by atoms with Gasteiger partial charge in [0.15, 0.2) is 0 Å². The topological polar surface area (TPSA) is 78.4 Å². The highest BCUT2D eigenvalue weighted by molar-refractivity contribution is 9.10. The summed E-state index contributed by atoms with van der Waals surface area (Å²) in [4.78, 5) is 23.2. The summed E-state index contributed by atoms with van der Waals surface area (Å²) in [5.41, 5.74) is -0.952. The van der Waals surface area contributed by atoms with E-state index in [1.807, 2.05) is 0 Å². The molecule has 0 bridgehead atoms. The second-order valence-corrected chi connectivity index (χ2v) is 5.15. The van der Waals surface area contributed by atoms with Crippen LogP contribution >= 0.6 is 15.9 Å². The molecule has 0 atom stereocenters. The van der Waals surface area contributed by atoms with Crippen molar-refractivity contribution in [3.05, 3.63) is 28.5 Å². The van der Waals surface area contributed by atoms with Crippen molar-refractivity contribution in [1.29, 1.82) is 0 Å². The highest BCUT2D eigenvalue weighted by Gasteiger charge is 2.36. The number of carbonyl (C=O) groups excluding carboxylic acids is 1. The van der Waals surface area contributed by atoms with Crippen LogP contribution in [0.1, 0.15) is 26.7 Å². The SMILES string of the molecule is CCC(CC)(NC(=O)Nc1ccc(F)cc1Br)C(=O)O. The molecule has 0 heterocycles. The van der Waals surface area contributed by atoms with E-state index >= 15 is 0 Å². The molecule has 0 saturated carbocycles. The normalized spacial score (nSPS) is 11.0. The maximum absolute atomic E-state index is 12.9. The molecule has 1 rings (SSSR count). The number of urea groups is 1. The van der Waals surface area contributed by atoms with Gasteiger partial charge in [-0.1, -0.05) is 13.8 Å². The van der Waals surface area contributed by atoms with E-state index in [-0.39, 0.29) is 12.8 Å². The summed E-state index contributed by atoms with van der Waals surface area (Å²) in [5, 5.41) is 14.2. The molecule has 0 unspecified atom stereocenters. The number of amides is 2. The second kappa shape index (κ2) is 6.69. The van der Waals surface area contributed by atoms with Crippen molar-refractivity contribution in [1.82, 2.24) is 5.32 Å². The number of carbonyl (C=O) groups is 2. The molecule has 0 radical (unpaired) electrons. The number of carboxylic acid groups (broad SMARTS) is 1. The summed E-state index contributed by atoms with van der Waals surface area (Å²) in [6, 6.07) is 3.15. The molecule has 0 saturated heterocycles. The highest BCUT2D eigenvalue weighted by atomic mass is 79.9. The largest absolute Gasteiger partial charge is 0.480 e. The first-order valence-corrected chi connectivity index (χ1v) is 6.91. The quantitative estimate of drug-likeness (QED) is 0.764. The Hall–Kier alpha value is -1.63. The zero-order valence-electron chi connectivity index (χ0n) is 11.2. The fourth-order valence-corrected chi connectivity index (χ4v) is 2.19. The minimum Gasteiger partial charge on any atom is -0.480 e. The van der Waals surface area contributed by atoms with Crippen LogP contribution in [0.3, 0.4) is 0 Å². The molecule has 0 aliphatic carbocycles. The first-order valence-electron chi connectivity index (χ1n) is 6.12. The molecule has 0 aromatic heterocycles. The first-order chi connectivity index (χ1) is 9.34. The Morgan fingerprint density at radius 2 is 1.95 bits per heavy atom. The summed E-state index contributed by atoms with van der Waals surface area (Å²) < 4.78 is 13.3. The molecule has 7 heteroatoms. The van der Waals surface area contributed by atoms with Gasteiger partial charge < -0.3 is 15.7 Å². The average molecular weight is 347 g/mol. The molecule has 0 aliphatic heterocycles. The fourth-order valence-electron chi connectivity index (χ4n) is 1.74. The monoisotopic (exact) mass is 346 g/mol. The maximum Gasteiger partial charge on any atom is 0.329 e. The standard InChI is InChI=1S/C13H16BrFN2O3/c1-3-13(4-2,11(18)19)17-12(20)16-10-6-5-8(15)7-9(10)14/h5-7H,3-4H2,1-2H3,(H,18,19)(H2,16,17,20). The van der Waals surface area contributed by atoms with Gasteiger partial charge in [-0.3, -0.25) is 0 Å². The number of aliphatic carboxylic acids is 1. The van der Waals surface area contributed by atoms with E-state index in [4.69, 9.17) is 0 Å². The van der Waals surface area contributed by atoms with E-state index in [0.29, 0.717) is 10.2 Å². The van der Waals surface area contributed by atoms with Gasteiger partial charge in [-0.2, -0.15) is 0 Å². The summed E-state index contributed by atoms with van der Waals surface area (Å²) >= 11 is 3.12. The molecule has 5 nitrogen and oxygen atoms in total. The molecule has 0 aliphatic rings. The lowest BCUT2D eigenvalue weighted by molar-refractivity contribution is -0.144. The molecular weight excluding hydrogens is 331 g/mol. The smallest absolute Gasteiger partial charge is 0.329 e. The van der Waals surface area contributed by atoms with Crippen LogP contribution in [0.15, 0.2) is 22.7 Å². The number of halogens is 2. The molecule has 20 heavy (non-hydrogen) atoms. The number of anilines is 1. The number of benzene rings is 1. The van der Waals surface area contributed by atoms with Gasteiger partial charge in [0.2, 0.25) is 0 Å². The minimum atomic E-state index is -1.31. The number of carboxylic acids is 1. The Kier molecular flexibility index (Phi) is 5.50. The third kappa shape index (κ3) is 3.69. The third-order valence-corrected chi connectivity index (χ3v) is 3.80. The van der Waals surface area contributed by atoms with Gasteiger partial charge in [0, 0.05) is 4.47 Å². The van der Waals surface area contributed by atoms with Gasteiger partial charge in [-0.05, 0) is 47.0 Å². The van der Waals surface area contributed by atoms with Gasteiger partial charge >= 0.3 is 12.0 Å². The van der Waals surface area contributed by atoms with Gasteiger partial charge in [0.05, 0.1) is 5.69 Å². The minimum absolute atomic E-state index is 0.261. The van der Waals surface area contributed by atoms with Gasteiger partial charge in [0.25, 0.3) is 0 Å². The number of nitrogens with one attached hydrogen (secondary N) is 2. The summed E-state index contributed by atoms with van der Waals surface area (Å²) in [6.45, 7) is 3.37. The van der Waals surface area contributed by atoms with E-state index in [9.17, 15) is 19.1 Å². The van der Waals surface area contributed by atoms with Gasteiger partial charge in [0.1, 0.15) is 11.4 Å². The van der Waals surface area contributed by atoms with Crippen molar-refractivity contribution in [3.63, 3.8) is 0 Å². The molecule has 1 aromatic rings. The Bertz CT molecular complexity index is 518. The summed E-state index contributed by atoms with van der Waals surface area (Å²) in [6.07, 6.45) is 0.522. The highest BCUT2D eigenvalue weighted by Crippen LogP contribution is 2.23. The maximum atomic E-state index is 12.9. The summed E-state index contributed by atoms with van der Waals surface area (Å²) in [5.74, 6) is -1.53. The Labute approximate surface area is 124 Å². The van der Waals surface area contributed by atoms with Crippen molar-refractivity contribution in [2.45, 2.75) is 32.2 Å². The van der Waals surface area contributed by atoms with Crippen molar-refractivity contribution >= 4 is 33.6 Å². The Balaban J connectivity index is 2.83. The zero-order valence-corrected chi connectivity index (χ0v) is 12.8. The van der Waals surface area contributed by atoms with E-state index in [2.05, 4.69) is 26.6 Å². The fraction of sp³-hybridized carbons (Fsp3) is 0.385. The van der Waals surface area contributed by atoms with Crippen LogP contribution in [0, 0.1) is 5.82 Å². The van der Waals surface area contributed by atoms with Crippen LogP contribution in [0.25, 0.3) is 0 Å². The number of rotatable bonds is 5. The zero-order chi connectivity index (χ0) is 15.3. The number of hydrogen-bond acceptors (Lipinski definition) is 2. The molecule has 3 N–H and O–H groups in total. The first kappa shape index (κ1) is 16.4. The lowest BCUT2D eigenvalue weighted by Gasteiger charge is -2.28. The van der Waals surface area contributed by atoms with Crippen molar-refractivity contribution < 1.29 is 19.1 Å². The van der Waals surface area contributed by atoms with Crippen LogP contribution < -0.4 is 10.6 Å². The Morgan fingerprint density at radius 3 is 2.40 bits per heavy atom. The van der Waals surface area contributed by atoms with E-state index in [1.54, 1.807) is 13.8 Å². The third-order valence-electron chi connectivity index (χ3n) is 3.15. The van der Waals surface area contributed by atoms with Gasteiger partial charge in [-0.25, -0.2) is 14.0 Å². The van der Waals surface area contributed by atoms with E-state index in [1.165, 1.54) is 18.2 Å². The molecular formula is C13H16BrFN2O3. The van der Waals surface area contributed by atoms with Crippen LogP contribution in [-0.4, -0.2) is 22.6 Å². The van der Waals surface area contributed by atoms with Gasteiger partial charge in [-0.15, -0.1) is 0 Å². The lowest BCUT2D eigenvalue weighted by atomic mass is 9.93. The van der Waals surface area contributed by atoms with E-state index < -0.39 is 23.4 Å². The van der Waals surface area contributed by atoms with Crippen LogP contribution in [0.4, 0.5) is 14.9 Å². The van der Waals surface area contributed by atoms with Crippen LogP contribution in [0.2, 0.25) is 0 Å². The Morgan fingerprint density at radius 1 is 1.35 bits per heavy atom. The molecule has 0 spiro atoms. The van der Waals surface area contributed by atoms with Crippen molar-refractivity contribution in [2.24, 2.45) is 0 Å². The lowest BCUT2D eigenvalue weighted by Crippen LogP contribution is -2.55. The molecule has 0 fully saturated rings. The average Bonchev–Trinajstić information content (AvgIpc) is 2.39. The van der Waals surface area contributed by atoms with Crippen LogP contribution in [-0.2, 0) is 4.79 Å². The predicted octanol–water partition coefficient (Wildman–Crippen LogP) is 3.35. The molecule has 1 aromatic carbocycles. The van der Waals surface area contributed by atoms with Crippen molar-refractivity contribution in [3.8, 4) is 0 Å². The molecule has 110 valence electrons. The molecule has 2 amide bonds. The van der Waals surface area contributed by atoms with Crippen molar-refractivity contribution in [2.75, 3.05) is 5.32 Å². The summed E-state index contributed by atoms with van der Waals surface area (Å²) in [7, 11) is 0. The van der Waals surface area contributed by atoms with E-state index in [0.717, 1.165) is 0 Å².